The van der Waals surface area contributed by atoms with Gasteiger partial charge in [-0.25, -0.2) is 8.96 Å². The molecule has 10 heavy (non-hydrogen) atoms. The molecular weight excluding hydrogens is 174 g/mol. The number of hydrogen-bond acceptors (Lipinski definition) is 4. The van der Waals surface area contributed by atoms with Crippen LogP contribution in [-0.2, 0) is 14.0 Å². The maximum atomic E-state index is 12.2. The lowest BCUT2D eigenvalue weighted by Gasteiger charge is -2.16. The lowest BCUT2D eigenvalue weighted by atomic mass is 10.7. The van der Waals surface area contributed by atoms with Gasteiger partial charge in [-0.3, -0.25) is 5.73 Å². The van der Waals surface area contributed by atoms with Crippen LogP contribution in [0.5, 0.6) is 0 Å². The van der Waals surface area contributed by atoms with E-state index in [0.717, 1.165) is 0 Å². The fourth-order valence-corrected chi connectivity index (χ4v) is 0.437. The molecule has 0 radical (unpaired) electrons. The van der Waals surface area contributed by atoms with Crippen LogP contribution >= 0.6 is 7.60 Å². The highest BCUT2D eigenvalue weighted by Gasteiger charge is 2.48. The Morgan fingerprint density at radius 2 is 1.80 bits per heavy atom. The van der Waals surface area contributed by atoms with Crippen molar-refractivity contribution in [3.63, 3.8) is 0 Å². The summed E-state index contributed by atoms with van der Waals surface area (Å²) in [6.07, 6.45) is 0. The average molecular weight is 179 g/mol. The third kappa shape index (κ3) is 1.69. The molecule has 1 unspecified atom stereocenters. The number of halogens is 3. The Bertz CT molecular complexity index is 148. The summed E-state index contributed by atoms with van der Waals surface area (Å²) in [5, 5.41) is 0. The molecule has 0 amide bonds. The molecule has 2 N–H and O–H groups in total. The predicted octanol–water partition coefficient (Wildman–Crippen LogP) is 1.58. The Labute approximate surface area is 54.4 Å². The molecule has 4 nitrogen and oxygen atoms in total. The van der Waals surface area contributed by atoms with E-state index in [1.165, 1.54) is 0 Å². The maximum Gasteiger partial charge on any atom is 0.443 e. The molecule has 0 aromatic rings. The number of alkyl halides is 1. The first-order chi connectivity index (χ1) is 4.37. The summed E-state index contributed by atoms with van der Waals surface area (Å²) in [6, 6.07) is 0. The van der Waals surface area contributed by atoms with Gasteiger partial charge in [-0.2, -0.15) is 0 Å². The Kier molecular flexibility index (Phi) is 2.85. The van der Waals surface area contributed by atoms with Crippen LogP contribution in [-0.4, -0.2) is 5.53 Å². The monoisotopic (exact) mass is 179 g/mol. The van der Waals surface area contributed by atoms with Gasteiger partial charge in [0, 0.05) is 0 Å². The second-order valence-corrected chi connectivity index (χ2v) is 3.80. The van der Waals surface area contributed by atoms with Crippen LogP contribution in [0.4, 0.5) is 13.4 Å². The quantitative estimate of drug-likeness (QED) is 0.527. The topological polar surface area (TPSA) is 61.6 Å². The van der Waals surface area contributed by atoms with E-state index in [-0.39, 0.29) is 0 Å². The highest BCUT2D eigenvalue weighted by Crippen LogP contribution is 2.58. The first kappa shape index (κ1) is 9.90. The van der Waals surface area contributed by atoms with Crippen molar-refractivity contribution in [1.82, 2.24) is 0 Å². The molecule has 0 aromatic carbocycles. The third-order valence-corrected chi connectivity index (χ3v) is 2.15. The van der Waals surface area contributed by atoms with Gasteiger partial charge in [0.25, 0.3) is 5.53 Å². The molecule has 0 fully saturated rings. The highest BCUT2D eigenvalue weighted by molar-refractivity contribution is 7.55. The van der Waals surface area contributed by atoms with Crippen LogP contribution in [0.15, 0.2) is 0 Å². The number of rotatable bonds is 3. The molecule has 0 rings (SSSR count). The summed E-state index contributed by atoms with van der Waals surface area (Å²) in [7, 11) is -5.09. The van der Waals surface area contributed by atoms with Gasteiger partial charge >= 0.3 is 7.60 Å². The van der Waals surface area contributed by atoms with E-state index < -0.39 is 13.1 Å². The Morgan fingerprint density at radius 1 is 1.50 bits per heavy atom. The van der Waals surface area contributed by atoms with Gasteiger partial charge in [-0.1, -0.05) is 9.46 Å². The minimum atomic E-state index is -5.09. The summed E-state index contributed by atoms with van der Waals surface area (Å²) >= 11 is 0. The SMILES string of the molecule is CC(N)(F)P(=O)(OF)OF. The van der Waals surface area contributed by atoms with E-state index in [4.69, 9.17) is 0 Å². The van der Waals surface area contributed by atoms with Crippen LogP contribution in [0, 0.1) is 0 Å². The molecule has 0 spiro atoms. The molecule has 62 valence electrons. The summed E-state index contributed by atoms with van der Waals surface area (Å²) in [4.78, 5) is 0. The van der Waals surface area contributed by atoms with Crippen LogP contribution in [0.2, 0.25) is 0 Å². The standard InChI is InChI=1S/C2H5F3NO3P/c1-2(3,6)10(7,8-4)9-5/h6H2,1H3. The van der Waals surface area contributed by atoms with Crippen molar-refractivity contribution in [1.29, 1.82) is 0 Å². The summed E-state index contributed by atoms with van der Waals surface area (Å²) < 4.78 is 49.5. The van der Waals surface area contributed by atoms with Crippen molar-refractivity contribution in [2.45, 2.75) is 12.5 Å². The van der Waals surface area contributed by atoms with E-state index in [9.17, 15) is 18.0 Å². The van der Waals surface area contributed by atoms with Gasteiger partial charge in [-0.05, 0) is 16.0 Å². The van der Waals surface area contributed by atoms with Gasteiger partial charge in [0.1, 0.15) is 0 Å². The number of hydrogen-bond donors (Lipinski definition) is 1. The van der Waals surface area contributed by atoms with Crippen LogP contribution in [0.3, 0.4) is 0 Å². The largest absolute Gasteiger partial charge is 0.443 e. The number of nitrogens with two attached hydrogens (primary N) is 1. The Balaban J connectivity index is 4.51. The van der Waals surface area contributed by atoms with E-state index in [1.54, 1.807) is 0 Å². The van der Waals surface area contributed by atoms with Crippen LogP contribution in [0.25, 0.3) is 0 Å². The average Bonchev–Trinajstić information content (AvgIpc) is 1.84. The molecular formula is C2H5F3NO3P. The van der Waals surface area contributed by atoms with Gasteiger partial charge in [0.15, 0.2) is 0 Å². The molecule has 0 saturated carbocycles. The van der Waals surface area contributed by atoms with E-state index in [2.05, 4.69) is 15.2 Å². The lowest BCUT2D eigenvalue weighted by molar-refractivity contribution is -0.101. The zero-order chi connectivity index (χ0) is 8.41. The summed E-state index contributed by atoms with van der Waals surface area (Å²) in [5.74, 6) is 0. The molecule has 0 bridgehead atoms. The maximum absolute atomic E-state index is 12.2. The zero-order valence-electron chi connectivity index (χ0n) is 4.88. The first-order valence-electron chi connectivity index (χ1n) is 2.06. The summed E-state index contributed by atoms with van der Waals surface area (Å²) in [6.45, 7) is 0.451. The molecule has 0 heterocycles. The smallest absolute Gasteiger partial charge is 0.289 e. The normalized spacial score (nSPS) is 18.5. The van der Waals surface area contributed by atoms with E-state index in [1.807, 2.05) is 0 Å². The van der Waals surface area contributed by atoms with Gasteiger partial charge < -0.3 is 0 Å². The predicted molar refractivity (Wildman–Crippen MR) is 25.7 cm³/mol. The second-order valence-electron chi connectivity index (χ2n) is 1.66. The fourth-order valence-electron chi connectivity index (χ4n) is 0.146. The molecule has 0 aliphatic carbocycles. The minimum absolute atomic E-state index is 0.451. The van der Waals surface area contributed by atoms with E-state index in [0.29, 0.717) is 6.92 Å². The van der Waals surface area contributed by atoms with Crippen LogP contribution in [0.1, 0.15) is 6.92 Å². The van der Waals surface area contributed by atoms with Gasteiger partial charge in [-0.15, -0.1) is 0 Å². The second kappa shape index (κ2) is 2.87. The molecule has 0 saturated heterocycles. The van der Waals surface area contributed by atoms with Gasteiger partial charge in [0.05, 0.1) is 0 Å². The Morgan fingerprint density at radius 3 is 1.80 bits per heavy atom. The fraction of sp³-hybridized carbons (Fsp3) is 1.00. The zero-order valence-corrected chi connectivity index (χ0v) is 5.78. The van der Waals surface area contributed by atoms with Crippen molar-refractivity contribution in [2.75, 3.05) is 0 Å². The van der Waals surface area contributed by atoms with E-state index >= 15 is 0 Å². The summed E-state index contributed by atoms with van der Waals surface area (Å²) in [5.41, 5.74) is 1.19. The molecule has 8 heteroatoms. The highest BCUT2D eigenvalue weighted by atomic mass is 31.2. The van der Waals surface area contributed by atoms with Gasteiger partial charge in [0.2, 0.25) is 0 Å². The van der Waals surface area contributed by atoms with Crippen molar-refractivity contribution < 1.29 is 27.5 Å². The lowest BCUT2D eigenvalue weighted by Crippen LogP contribution is -2.30. The molecule has 0 aromatic heterocycles. The van der Waals surface area contributed by atoms with Crippen LogP contribution < -0.4 is 5.73 Å². The van der Waals surface area contributed by atoms with Crippen molar-refractivity contribution >= 4 is 7.60 Å². The molecule has 0 aliphatic rings. The van der Waals surface area contributed by atoms with Crippen molar-refractivity contribution in [2.24, 2.45) is 5.73 Å². The van der Waals surface area contributed by atoms with Crippen molar-refractivity contribution in [3.8, 4) is 0 Å². The molecule has 0 aliphatic heterocycles. The minimum Gasteiger partial charge on any atom is -0.289 e. The third-order valence-electron chi connectivity index (χ3n) is 0.717. The molecule has 1 atom stereocenters. The van der Waals surface area contributed by atoms with Crippen molar-refractivity contribution in [3.05, 3.63) is 0 Å². The Hall–Kier alpha value is -0.100. The first-order valence-corrected chi connectivity index (χ1v) is 3.60.